The van der Waals surface area contributed by atoms with Gasteiger partial charge in [0.25, 0.3) is 0 Å². The van der Waals surface area contributed by atoms with Crippen LogP contribution in [0.4, 0.5) is 0 Å². The highest BCUT2D eigenvalue weighted by Crippen LogP contribution is 2.28. The molecule has 4 nitrogen and oxygen atoms in total. The van der Waals surface area contributed by atoms with Crippen LogP contribution in [0, 0.1) is 0 Å². The molecule has 0 saturated carbocycles. The van der Waals surface area contributed by atoms with Crippen molar-refractivity contribution >= 4 is 11.0 Å². The van der Waals surface area contributed by atoms with E-state index < -0.39 is 0 Å². The zero-order valence-corrected chi connectivity index (χ0v) is 12.2. The number of para-hydroxylation sites is 2. The predicted molar refractivity (Wildman–Crippen MR) is 83.0 cm³/mol. The van der Waals surface area contributed by atoms with Crippen LogP contribution in [0.25, 0.3) is 11.0 Å². The topological polar surface area (TPSA) is 47.1 Å². The lowest BCUT2D eigenvalue weighted by molar-refractivity contribution is 0.354. The van der Waals surface area contributed by atoms with Crippen LogP contribution in [0.15, 0.2) is 42.5 Å². The number of aromatic amines is 1. The third-order valence-corrected chi connectivity index (χ3v) is 3.54. The van der Waals surface area contributed by atoms with E-state index >= 15 is 0 Å². The minimum Gasteiger partial charge on any atom is -0.493 e. The summed E-state index contributed by atoms with van der Waals surface area (Å²) in [7, 11) is 3.30. The van der Waals surface area contributed by atoms with Gasteiger partial charge in [0.2, 0.25) is 0 Å². The Kier molecular flexibility index (Phi) is 3.77. The standard InChI is InChI=1S/C17H18N2O2/c1-20-15-9-7-12(11-16(15)21-2)8-10-17-18-13-5-3-4-6-14(13)19-17/h3-7,9,11H,8,10H2,1-2H3,(H,18,19). The van der Waals surface area contributed by atoms with Gasteiger partial charge in [-0.15, -0.1) is 0 Å². The number of methoxy groups -OCH3 is 2. The van der Waals surface area contributed by atoms with Crippen molar-refractivity contribution < 1.29 is 9.47 Å². The van der Waals surface area contributed by atoms with Crippen LogP contribution in [0.3, 0.4) is 0 Å². The van der Waals surface area contributed by atoms with Crippen molar-refractivity contribution in [3.8, 4) is 11.5 Å². The molecule has 0 saturated heterocycles. The Morgan fingerprint density at radius 3 is 2.52 bits per heavy atom. The third kappa shape index (κ3) is 2.84. The van der Waals surface area contributed by atoms with E-state index in [9.17, 15) is 0 Å². The summed E-state index contributed by atoms with van der Waals surface area (Å²) < 4.78 is 10.6. The molecule has 1 aromatic heterocycles. The summed E-state index contributed by atoms with van der Waals surface area (Å²) >= 11 is 0. The molecule has 21 heavy (non-hydrogen) atoms. The number of hydrogen-bond donors (Lipinski definition) is 1. The van der Waals surface area contributed by atoms with Gasteiger partial charge in [-0.1, -0.05) is 18.2 Å². The largest absolute Gasteiger partial charge is 0.493 e. The molecule has 2 aromatic carbocycles. The number of aryl methyl sites for hydroxylation is 2. The van der Waals surface area contributed by atoms with Gasteiger partial charge in [0.05, 0.1) is 25.3 Å². The van der Waals surface area contributed by atoms with Crippen LogP contribution in [-0.2, 0) is 12.8 Å². The van der Waals surface area contributed by atoms with E-state index in [1.54, 1.807) is 14.2 Å². The number of aromatic nitrogens is 2. The molecule has 0 aliphatic carbocycles. The van der Waals surface area contributed by atoms with E-state index in [0.29, 0.717) is 0 Å². The number of nitrogens with one attached hydrogen (secondary N) is 1. The average molecular weight is 282 g/mol. The Morgan fingerprint density at radius 1 is 0.952 bits per heavy atom. The van der Waals surface area contributed by atoms with E-state index in [4.69, 9.17) is 9.47 Å². The molecule has 1 N–H and O–H groups in total. The second-order valence-corrected chi connectivity index (χ2v) is 4.89. The molecule has 0 aliphatic heterocycles. The summed E-state index contributed by atoms with van der Waals surface area (Å²) in [4.78, 5) is 7.94. The van der Waals surface area contributed by atoms with Gasteiger partial charge in [0, 0.05) is 6.42 Å². The molecule has 0 radical (unpaired) electrons. The van der Waals surface area contributed by atoms with Crippen LogP contribution in [0.2, 0.25) is 0 Å². The summed E-state index contributed by atoms with van der Waals surface area (Å²) in [6.45, 7) is 0. The number of benzene rings is 2. The third-order valence-electron chi connectivity index (χ3n) is 3.54. The zero-order valence-electron chi connectivity index (χ0n) is 12.2. The van der Waals surface area contributed by atoms with Gasteiger partial charge in [0.15, 0.2) is 11.5 Å². The van der Waals surface area contributed by atoms with Crippen molar-refractivity contribution in [2.45, 2.75) is 12.8 Å². The van der Waals surface area contributed by atoms with E-state index in [1.807, 2.05) is 36.4 Å². The first-order valence-corrected chi connectivity index (χ1v) is 6.94. The second-order valence-electron chi connectivity index (χ2n) is 4.89. The van der Waals surface area contributed by atoms with E-state index in [2.05, 4.69) is 16.0 Å². The van der Waals surface area contributed by atoms with Crippen molar-refractivity contribution in [2.24, 2.45) is 0 Å². The van der Waals surface area contributed by atoms with Gasteiger partial charge >= 0.3 is 0 Å². The molecule has 0 bridgehead atoms. The molecule has 4 heteroatoms. The molecular weight excluding hydrogens is 264 g/mol. The first-order valence-electron chi connectivity index (χ1n) is 6.94. The molecule has 0 atom stereocenters. The summed E-state index contributed by atoms with van der Waals surface area (Å²) in [6, 6.07) is 14.1. The number of imidazole rings is 1. The fourth-order valence-corrected chi connectivity index (χ4v) is 2.42. The van der Waals surface area contributed by atoms with E-state index in [1.165, 1.54) is 5.56 Å². The Labute approximate surface area is 123 Å². The maximum atomic E-state index is 5.33. The highest BCUT2D eigenvalue weighted by Gasteiger charge is 2.06. The molecule has 1 heterocycles. The average Bonchev–Trinajstić information content (AvgIpc) is 2.95. The van der Waals surface area contributed by atoms with E-state index in [-0.39, 0.29) is 0 Å². The van der Waals surface area contributed by atoms with Gasteiger partial charge in [-0.3, -0.25) is 0 Å². The molecule has 0 fully saturated rings. The van der Waals surface area contributed by atoms with Crippen molar-refractivity contribution in [3.63, 3.8) is 0 Å². The normalized spacial score (nSPS) is 10.8. The van der Waals surface area contributed by atoms with E-state index in [0.717, 1.165) is 41.2 Å². The van der Waals surface area contributed by atoms with Gasteiger partial charge in [0.1, 0.15) is 5.82 Å². The minimum atomic E-state index is 0.755. The van der Waals surface area contributed by atoms with Crippen LogP contribution < -0.4 is 9.47 Å². The molecule has 0 unspecified atom stereocenters. The number of ether oxygens (including phenoxy) is 2. The highest BCUT2D eigenvalue weighted by molar-refractivity contribution is 5.74. The molecule has 0 spiro atoms. The first-order chi connectivity index (χ1) is 10.3. The van der Waals surface area contributed by atoms with Crippen LogP contribution >= 0.6 is 0 Å². The zero-order chi connectivity index (χ0) is 14.7. The fourth-order valence-electron chi connectivity index (χ4n) is 2.42. The van der Waals surface area contributed by atoms with Gasteiger partial charge < -0.3 is 14.5 Å². The Bertz CT molecular complexity index is 716. The highest BCUT2D eigenvalue weighted by atomic mass is 16.5. The number of nitrogens with zero attached hydrogens (tertiary/aromatic N) is 1. The summed E-state index contributed by atoms with van der Waals surface area (Å²) in [5.41, 5.74) is 3.30. The Morgan fingerprint density at radius 2 is 1.76 bits per heavy atom. The lowest BCUT2D eigenvalue weighted by atomic mass is 10.1. The Hall–Kier alpha value is -2.49. The number of fused-ring (bicyclic) bond motifs is 1. The van der Waals surface area contributed by atoms with Crippen molar-refractivity contribution in [1.82, 2.24) is 9.97 Å². The SMILES string of the molecule is COc1ccc(CCc2nc3ccccc3[nH]2)cc1OC. The van der Waals surface area contributed by atoms with Crippen LogP contribution in [-0.4, -0.2) is 24.2 Å². The maximum Gasteiger partial charge on any atom is 0.160 e. The molecule has 0 aliphatic rings. The molecule has 3 rings (SSSR count). The molecule has 3 aromatic rings. The molecular formula is C17H18N2O2. The lowest BCUT2D eigenvalue weighted by Crippen LogP contribution is -1.96. The predicted octanol–water partition coefficient (Wildman–Crippen LogP) is 3.37. The molecule has 108 valence electrons. The van der Waals surface area contributed by atoms with Crippen molar-refractivity contribution in [3.05, 3.63) is 53.9 Å². The summed E-state index contributed by atoms with van der Waals surface area (Å²) in [5, 5.41) is 0. The fraction of sp³-hybridized carbons (Fsp3) is 0.235. The van der Waals surface area contributed by atoms with Gasteiger partial charge in [-0.05, 0) is 36.2 Å². The van der Waals surface area contributed by atoms with Crippen LogP contribution in [0.5, 0.6) is 11.5 Å². The number of hydrogen-bond acceptors (Lipinski definition) is 3. The van der Waals surface area contributed by atoms with Gasteiger partial charge in [-0.25, -0.2) is 4.98 Å². The van der Waals surface area contributed by atoms with Crippen molar-refractivity contribution in [1.29, 1.82) is 0 Å². The first kappa shape index (κ1) is 13.5. The summed E-state index contributed by atoms with van der Waals surface area (Å²) in [6.07, 6.45) is 1.77. The maximum absolute atomic E-state index is 5.33. The van der Waals surface area contributed by atoms with Crippen LogP contribution in [0.1, 0.15) is 11.4 Å². The number of rotatable bonds is 5. The van der Waals surface area contributed by atoms with Gasteiger partial charge in [-0.2, -0.15) is 0 Å². The lowest BCUT2D eigenvalue weighted by Gasteiger charge is -2.09. The monoisotopic (exact) mass is 282 g/mol. The Balaban J connectivity index is 1.75. The smallest absolute Gasteiger partial charge is 0.160 e. The summed E-state index contributed by atoms with van der Waals surface area (Å²) in [5.74, 6) is 2.52. The quantitative estimate of drug-likeness (QED) is 0.780. The molecule has 0 amide bonds. The van der Waals surface area contributed by atoms with Crippen molar-refractivity contribution in [2.75, 3.05) is 14.2 Å². The second kappa shape index (κ2) is 5.87. The minimum absolute atomic E-state index is 0.755. The number of H-pyrrole nitrogens is 1.